The first-order valence-corrected chi connectivity index (χ1v) is 5.54. The lowest BCUT2D eigenvalue weighted by atomic mass is 9.97. The molecule has 0 aliphatic carbocycles. The Bertz CT molecular complexity index is 549. The first-order valence-electron chi connectivity index (χ1n) is 5.54. The third kappa shape index (κ3) is 2.03. The zero-order chi connectivity index (χ0) is 14.2. The van der Waals surface area contributed by atoms with Gasteiger partial charge in [-0.15, -0.1) is 6.58 Å². The van der Waals surface area contributed by atoms with Gasteiger partial charge in [-0.2, -0.15) is 4.98 Å². The van der Waals surface area contributed by atoms with Crippen LogP contribution < -0.4 is 11.4 Å². The summed E-state index contributed by atoms with van der Waals surface area (Å²) in [5.41, 5.74) is 2.87. The van der Waals surface area contributed by atoms with Crippen LogP contribution in [0.5, 0.6) is 0 Å². The molecule has 1 saturated heterocycles. The molecule has 2 rings (SSSR count). The minimum absolute atomic E-state index is 0.00709. The Balaban J connectivity index is 2.42. The number of nitrogens with zero attached hydrogens (tertiary/aromatic N) is 2. The van der Waals surface area contributed by atoms with E-state index in [4.69, 9.17) is 10.5 Å². The van der Waals surface area contributed by atoms with E-state index in [2.05, 4.69) is 11.6 Å². The maximum Gasteiger partial charge on any atom is 0.351 e. The van der Waals surface area contributed by atoms with Crippen LogP contribution >= 0.6 is 0 Å². The first kappa shape index (κ1) is 13.7. The third-order valence-corrected chi connectivity index (χ3v) is 3.13. The van der Waals surface area contributed by atoms with Gasteiger partial charge < -0.3 is 20.7 Å². The summed E-state index contributed by atoms with van der Waals surface area (Å²) in [6, 6.07) is 1.30. The number of anilines is 1. The van der Waals surface area contributed by atoms with Crippen molar-refractivity contribution in [1.82, 2.24) is 9.55 Å². The maximum absolute atomic E-state index is 14.1. The molecule has 0 bridgehead atoms. The highest BCUT2D eigenvalue weighted by Gasteiger charge is 2.54. The maximum atomic E-state index is 14.1. The van der Waals surface area contributed by atoms with Gasteiger partial charge in [-0.3, -0.25) is 4.57 Å². The number of halogens is 1. The van der Waals surface area contributed by atoms with Crippen molar-refractivity contribution in [2.24, 2.45) is 0 Å². The smallest absolute Gasteiger partial charge is 0.351 e. The molecule has 104 valence electrons. The summed E-state index contributed by atoms with van der Waals surface area (Å²) >= 11 is 0. The molecule has 1 fully saturated rings. The molecule has 7 nitrogen and oxygen atoms in total. The van der Waals surface area contributed by atoms with Crippen LogP contribution in [0, 0.1) is 0 Å². The number of aliphatic hydroxyl groups is 2. The van der Waals surface area contributed by atoms with Crippen molar-refractivity contribution in [1.29, 1.82) is 0 Å². The van der Waals surface area contributed by atoms with E-state index in [-0.39, 0.29) is 5.82 Å². The van der Waals surface area contributed by atoms with Gasteiger partial charge in [-0.1, -0.05) is 6.08 Å². The molecule has 0 aromatic carbocycles. The molecule has 0 spiro atoms. The molecule has 1 aliphatic heterocycles. The van der Waals surface area contributed by atoms with Gasteiger partial charge in [0.15, 0.2) is 12.4 Å². The van der Waals surface area contributed by atoms with Gasteiger partial charge in [0.05, 0.1) is 6.61 Å². The van der Waals surface area contributed by atoms with E-state index in [0.717, 1.165) is 10.6 Å². The highest BCUT2D eigenvalue weighted by atomic mass is 19.1. The number of rotatable bonds is 3. The van der Waals surface area contributed by atoms with E-state index >= 15 is 0 Å². The van der Waals surface area contributed by atoms with Gasteiger partial charge in [-0.25, -0.2) is 9.18 Å². The number of ether oxygens (including phenoxy) is 1. The summed E-state index contributed by atoms with van der Waals surface area (Å²) in [5, 5.41) is 19.0. The minimum atomic E-state index is -1.91. The van der Waals surface area contributed by atoms with Crippen LogP contribution in [0.25, 0.3) is 0 Å². The molecule has 8 heteroatoms. The molecule has 1 aromatic rings. The van der Waals surface area contributed by atoms with Gasteiger partial charge >= 0.3 is 5.69 Å². The minimum Gasteiger partial charge on any atom is -0.393 e. The normalized spacial score (nSPS) is 34.4. The zero-order valence-corrected chi connectivity index (χ0v) is 9.94. The zero-order valence-electron chi connectivity index (χ0n) is 9.94. The van der Waals surface area contributed by atoms with Gasteiger partial charge in [0, 0.05) is 6.20 Å². The summed E-state index contributed by atoms with van der Waals surface area (Å²) in [7, 11) is 0. The van der Waals surface area contributed by atoms with E-state index in [0.29, 0.717) is 0 Å². The van der Waals surface area contributed by atoms with Crippen molar-refractivity contribution in [2.75, 3.05) is 12.3 Å². The molecule has 1 aromatic heterocycles. The number of aliphatic hydroxyl groups excluding tert-OH is 2. The Kier molecular flexibility index (Phi) is 3.40. The van der Waals surface area contributed by atoms with E-state index in [9.17, 15) is 19.4 Å². The monoisotopic (exact) mass is 271 g/mol. The Labute approximate surface area is 107 Å². The molecule has 1 unspecified atom stereocenters. The topological polar surface area (TPSA) is 111 Å². The van der Waals surface area contributed by atoms with Crippen molar-refractivity contribution in [3.05, 3.63) is 35.4 Å². The molecule has 2 heterocycles. The van der Waals surface area contributed by atoms with Gasteiger partial charge in [0.1, 0.15) is 17.5 Å². The molecule has 4 N–H and O–H groups in total. The average molecular weight is 271 g/mol. The van der Waals surface area contributed by atoms with Crippen molar-refractivity contribution in [3.8, 4) is 0 Å². The fourth-order valence-electron chi connectivity index (χ4n) is 1.98. The molecular formula is C11H14FN3O4. The summed E-state index contributed by atoms with van der Waals surface area (Å²) in [5.74, 6) is -0.00709. The highest BCUT2D eigenvalue weighted by Crippen LogP contribution is 2.38. The molecule has 0 radical (unpaired) electrons. The predicted molar refractivity (Wildman–Crippen MR) is 63.9 cm³/mol. The second kappa shape index (κ2) is 4.72. The average Bonchev–Trinajstić information content (AvgIpc) is 2.64. The van der Waals surface area contributed by atoms with Crippen LogP contribution in [0.1, 0.15) is 6.23 Å². The molecular weight excluding hydrogens is 257 g/mol. The predicted octanol–water partition coefficient (Wildman–Crippen LogP) is -1.03. The van der Waals surface area contributed by atoms with E-state index in [1.165, 1.54) is 12.3 Å². The van der Waals surface area contributed by atoms with Crippen LogP contribution in [0.15, 0.2) is 29.7 Å². The Hall–Kier alpha value is -1.77. The molecule has 0 saturated carbocycles. The molecule has 19 heavy (non-hydrogen) atoms. The van der Waals surface area contributed by atoms with Gasteiger partial charge in [-0.05, 0) is 6.07 Å². The lowest BCUT2D eigenvalue weighted by Crippen LogP contribution is -2.43. The number of nitrogens with two attached hydrogens (primary N) is 1. The van der Waals surface area contributed by atoms with E-state index < -0.39 is 36.4 Å². The fraction of sp³-hybridized carbons (Fsp3) is 0.455. The quantitative estimate of drug-likeness (QED) is 0.606. The van der Waals surface area contributed by atoms with Crippen molar-refractivity contribution in [3.63, 3.8) is 0 Å². The van der Waals surface area contributed by atoms with Crippen molar-refractivity contribution < 1.29 is 19.3 Å². The summed E-state index contributed by atoms with van der Waals surface area (Å²) in [6.45, 7) is 2.74. The summed E-state index contributed by atoms with van der Waals surface area (Å²) < 4.78 is 20.2. The van der Waals surface area contributed by atoms with E-state index in [1.807, 2.05) is 0 Å². The number of aromatic nitrogens is 2. The fourth-order valence-corrected chi connectivity index (χ4v) is 1.98. The SMILES string of the molecule is C=C[C@]1(CO)OC(n2ccc(N)nc2=O)[C@@H](F)[C@@H]1O. The van der Waals surface area contributed by atoms with Crippen LogP contribution in [0.3, 0.4) is 0 Å². The van der Waals surface area contributed by atoms with E-state index in [1.54, 1.807) is 0 Å². The van der Waals surface area contributed by atoms with Crippen molar-refractivity contribution in [2.45, 2.75) is 24.1 Å². The highest BCUT2D eigenvalue weighted by molar-refractivity contribution is 5.24. The largest absolute Gasteiger partial charge is 0.393 e. The Morgan fingerprint density at radius 2 is 2.42 bits per heavy atom. The number of alkyl halides is 1. The lowest BCUT2D eigenvalue weighted by Gasteiger charge is -2.25. The van der Waals surface area contributed by atoms with Crippen molar-refractivity contribution >= 4 is 5.82 Å². The third-order valence-electron chi connectivity index (χ3n) is 3.13. The Morgan fingerprint density at radius 1 is 1.74 bits per heavy atom. The summed E-state index contributed by atoms with van der Waals surface area (Å²) in [6.07, 6.45) is -2.62. The van der Waals surface area contributed by atoms with Crippen LogP contribution in [-0.2, 0) is 4.74 Å². The number of nitrogen functional groups attached to an aromatic ring is 1. The second-order valence-electron chi connectivity index (χ2n) is 4.26. The molecule has 1 aliphatic rings. The standard InChI is InChI=1S/C11H14FN3O4/c1-2-11(5-16)8(17)7(12)9(19-11)15-4-3-6(13)14-10(15)18/h2-4,7-9,16-17H,1,5H2,(H2,13,14,18)/t7-,8-,9?,11+/m0/s1. The van der Waals surface area contributed by atoms with Crippen LogP contribution in [0.2, 0.25) is 0 Å². The lowest BCUT2D eigenvalue weighted by molar-refractivity contribution is -0.0982. The Morgan fingerprint density at radius 3 is 2.89 bits per heavy atom. The first-order chi connectivity index (χ1) is 8.95. The van der Waals surface area contributed by atoms with Crippen LogP contribution in [0.4, 0.5) is 10.2 Å². The second-order valence-corrected chi connectivity index (χ2v) is 4.26. The molecule has 4 atom stereocenters. The van der Waals surface area contributed by atoms with Gasteiger partial charge in [0.25, 0.3) is 0 Å². The van der Waals surface area contributed by atoms with Crippen LogP contribution in [-0.4, -0.2) is 44.2 Å². The summed E-state index contributed by atoms with van der Waals surface area (Å²) in [4.78, 5) is 15.1. The van der Waals surface area contributed by atoms with Gasteiger partial charge in [0.2, 0.25) is 0 Å². The number of hydrogen-bond donors (Lipinski definition) is 3. The number of hydrogen-bond acceptors (Lipinski definition) is 6. The molecule has 0 amide bonds.